The molecular formula is C16H25N2O3+. The molecule has 0 aliphatic heterocycles. The first kappa shape index (κ1) is 17.2. The van der Waals surface area contributed by atoms with Gasteiger partial charge in [-0.2, -0.15) is 0 Å². The molecule has 2 amide bonds. The monoisotopic (exact) mass is 293 g/mol. The number of rotatable bonds is 8. The molecule has 0 aliphatic carbocycles. The minimum atomic E-state index is -1.03. The number of hydrogen-bond acceptors (Lipinski definition) is 2. The number of amides is 2. The number of benzene rings is 1. The van der Waals surface area contributed by atoms with Crippen LogP contribution in [0, 0.1) is 0 Å². The maximum absolute atomic E-state index is 12.4. The van der Waals surface area contributed by atoms with E-state index in [1.165, 1.54) is 0 Å². The molecule has 0 saturated heterocycles. The summed E-state index contributed by atoms with van der Waals surface area (Å²) < 4.78 is 0.0812. The van der Waals surface area contributed by atoms with Gasteiger partial charge in [0, 0.05) is 0 Å². The minimum Gasteiger partial charge on any atom is -0.480 e. The molecule has 116 valence electrons. The molecule has 21 heavy (non-hydrogen) atoms. The number of carbonyl (C=O) groups is 2. The first-order chi connectivity index (χ1) is 10.0. The van der Waals surface area contributed by atoms with Gasteiger partial charge in [0.25, 0.3) is 0 Å². The average Bonchev–Trinajstić information content (AvgIpc) is 2.49. The molecule has 5 heteroatoms. The molecule has 1 atom stereocenters. The topological polar surface area (TPSA) is 66.4 Å². The van der Waals surface area contributed by atoms with E-state index in [4.69, 9.17) is 5.11 Å². The van der Waals surface area contributed by atoms with E-state index >= 15 is 0 Å². The third-order valence-electron chi connectivity index (χ3n) is 3.62. The maximum Gasteiger partial charge on any atom is 0.421 e. The van der Waals surface area contributed by atoms with Crippen LogP contribution in [0.1, 0.15) is 32.6 Å². The van der Waals surface area contributed by atoms with Crippen molar-refractivity contribution in [1.29, 1.82) is 0 Å². The normalized spacial score (nSPS) is 13.4. The number of carboxylic acid groups (broad SMARTS) is 1. The third-order valence-corrected chi connectivity index (χ3v) is 3.62. The summed E-state index contributed by atoms with van der Waals surface area (Å²) >= 11 is 0. The average molecular weight is 293 g/mol. The summed E-state index contributed by atoms with van der Waals surface area (Å²) in [6.07, 6.45) is 4.29. The van der Waals surface area contributed by atoms with Crippen molar-refractivity contribution >= 4 is 17.7 Å². The first-order valence-corrected chi connectivity index (χ1v) is 7.42. The van der Waals surface area contributed by atoms with Crippen molar-refractivity contribution in [2.45, 2.75) is 32.6 Å². The van der Waals surface area contributed by atoms with Crippen molar-refractivity contribution in [3.8, 4) is 0 Å². The molecule has 0 aromatic heterocycles. The van der Waals surface area contributed by atoms with Gasteiger partial charge in [-0.05, 0) is 25.0 Å². The van der Waals surface area contributed by atoms with Crippen molar-refractivity contribution in [2.75, 3.05) is 20.1 Å². The number of urea groups is 1. The van der Waals surface area contributed by atoms with Crippen LogP contribution in [0.25, 0.3) is 0 Å². The fourth-order valence-corrected chi connectivity index (χ4v) is 2.29. The summed E-state index contributed by atoms with van der Waals surface area (Å²) in [7, 11) is 1.83. The Morgan fingerprint density at radius 1 is 1.14 bits per heavy atom. The number of carboxylic acids is 1. The van der Waals surface area contributed by atoms with Gasteiger partial charge in [-0.25, -0.2) is 9.28 Å². The Morgan fingerprint density at radius 2 is 1.81 bits per heavy atom. The van der Waals surface area contributed by atoms with Gasteiger partial charge in [0.1, 0.15) is 12.2 Å². The van der Waals surface area contributed by atoms with E-state index in [1.54, 1.807) is 0 Å². The predicted octanol–water partition coefficient (Wildman–Crippen LogP) is 3.00. The molecule has 1 unspecified atom stereocenters. The van der Waals surface area contributed by atoms with E-state index in [0.29, 0.717) is 6.54 Å². The van der Waals surface area contributed by atoms with Gasteiger partial charge in [0.05, 0.1) is 13.6 Å². The summed E-state index contributed by atoms with van der Waals surface area (Å²) in [6, 6.07) is 9.21. The second kappa shape index (κ2) is 8.42. The van der Waals surface area contributed by atoms with Crippen molar-refractivity contribution in [1.82, 2.24) is 9.80 Å². The van der Waals surface area contributed by atoms with E-state index in [0.717, 1.165) is 31.4 Å². The number of carbonyl (C=O) groups excluding carboxylic acids is 1. The van der Waals surface area contributed by atoms with Gasteiger partial charge in [-0.1, -0.05) is 38.0 Å². The van der Waals surface area contributed by atoms with E-state index in [-0.39, 0.29) is 17.1 Å². The zero-order valence-electron chi connectivity index (χ0n) is 12.8. The summed E-state index contributed by atoms with van der Waals surface area (Å²) in [5.41, 5.74) is 0.872. The lowest BCUT2D eigenvalue weighted by Crippen LogP contribution is -2.57. The lowest BCUT2D eigenvalue weighted by atomic mass is 10.1. The van der Waals surface area contributed by atoms with Crippen molar-refractivity contribution in [2.24, 2.45) is 0 Å². The largest absolute Gasteiger partial charge is 0.480 e. The molecular weight excluding hydrogens is 268 g/mol. The van der Waals surface area contributed by atoms with Crippen molar-refractivity contribution in [3.63, 3.8) is 0 Å². The van der Waals surface area contributed by atoms with Crippen molar-refractivity contribution in [3.05, 3.63) is 30.3 Å². The molecule has 0 aliphatic rings. The number of nitrogens with zero attached hydrogens (tertiary/aromatic N) is 1. The van der Waals surface area contributed by atoms with Gasteiger partial charge >= 0.3 is 12.0 Å². The van der Waals surface area contributed by atoms with Crippen LogP contribution in [0.4, 0.5) is 10.5 Å². The highest BCUT2D eigenvalue weighted by Crippen LogP contribution is 2.22. The SMILES string of the molecule is CCCCCC[N+](C)(C(=O)NCC(=O)O)c1ccccc1. The van der Waals surface area contributed by atoms with Crippen LogP contribution >= 0.6 is 0 Å². The van der Waals surface area contributed by atoms with Crippen LogP contribution in [0.15, 0.2) is 30.3 Å². The number of nitrogens with one attached hydrogen (secondary N) is 1. The third kappa shape index (κ3) is 5.19. The molecule has 0 fully saturated rings. The molecule has 0 heterocycles. The maximum atomic E-state index is 12.4. The molecule has 2 N–H and O–H groups in total. The Labute approximate surface area is 126 Å². The van der Waals surface area contributed by atoms with Crippen LogP contribution < -0.4 is 9.80 Å². The second-order valence-electron chi connectivity index (χ2n) is 5.36. The van der Waals surface area contributed by atoms with Crippen LogP contribution in [0.5, 0.6) is 0 Å². The number of hydrogen-bond donors (Lipinski definition) is 2. The number of quaternary nitrogens is 1. The van der Waals surface area contributed by atoms with E-state index in [1.807, 2.05) is 37.4 Å². The van der Waals surface area contributed by atoms with Crippen LogP contribution in [0.2, 0.25) is 0 Å². The highest BCUT2D eigenvalue weighted by molar-refractivity contribution is 5.88. The standard InChI is InChI=1S/C16H24N2O3/c1-3-4-5-9-12-18(2,14-10-7-6-8-11-14)16(21)17-13-15(19)20/h6-8,10-11H,3-5,9,12-13H2,1-2H3,(H-,17,19,20,21)/p+1. The highest BCUT2D eigenvalue weighted by atomic mass is 16.4. The lowest BCUT2D eigenvalue weighted by Gasteiger charge is -2.30. The van der Waals surface area contributed by atoms with E-state index in [9.17, 15) is 9.59 Å². The zero-order chi connectivity index (χ0) is 15.7. The Bertz CT molecular complexity index is 462. The Morgan fingerprint density at radius 3 is 2.38 bits per heavy atom. The summed E-state index contributed by atoms with van der Waals surface area (Å²) in [4.78, 5) is 23.1. The quantitative estimate of drug-likeness (QED) is 0.572. The smallest absolute Gasteiger partial charge is 0.421 e. The van der Waals surface area contributed by atoms with Gasteiger partial charge in [-0.15, -0.1) is 0 Å². The molecule has 1 aromatic rings. The predicted molar refractivity (Wildman–Crippen MR) is 84.2 cm³/mol. The Balaban J connectivity index is 2.83. The number of para-hydroxylation sites is 1. The van der Waals surface area contributed by atoms with Crippen LogP contribution in [-0.2, 0) is 4.79 Å². The molecule has 1 rings (SSSR count). The first-order valence-electron chi connectivity index (χ1n) is 7.42. The van der Waals surface area contributed by atoms with Gasteiger partial charge < -0.3 is 5.11 Å². The molecule has 5 nitrogen and oxygen atoms in total. The molecule has 0 saturated carbocycles. The summed E-state index contributed by atoms with van der Waals surface area (Å²) in [5.74, 6) is -1.03. The van der Waals surface area contributed by atoms with Crippen molar-refractivity contribution < 1.29 is 14.7 Å². The van der Waals surface area contributed by atoms with Crippen LogP contribution in [0.3, 0.4) is 0 Å². The molecule has 0 bridgehead atoms. The number of aliphatic carboxylic acids is 1. The summed E-state index contributed by atoms with van der Waals surface area (Å²) in [6.45, 7) is 2.45. The number of unbranched alkanes of at least 4 members (excludes halogenated alkanes) is 3. The van der Waals surface area contributed by atoms with E-state index < -0.39 is 5.97 Å². The molecule has 0 spiro atoms. The fourth-order valence-electron chi connectivity index (χ4n) is 2.29. The minimum absolute atomic E-state index is 0.0812. The molecule has 1 aromatic carbocycles. The molecule has 0 radical (unpaired) electrons. The zero-order valence-corrected chi connectivity index (χ0v) is 12.8. The Hall–Kier alpha value is -1.88. The highest BCUT2D eigenvalue weighted by Gasteiger charge is 2.34. The van der Waals surface area contributed by atoms with Crippen LogP contribution in [-0.4, -0.2) is 37.2 Å². The Kier molecular flexibility index (Phi) is 6.88. The van der Waals surface area contributed by atoms with Gasteiger partial charge in [0.2, 0.25) is 0 Å². The summed E-state index contributed by atoms with van der Waals surface area (Å²) in [5, 5.41) is 11.2. The van der Waals surface area contributed by atoms with Gasteiger partial charge in [0.15, 0.2) is 0 Å². The van der Waals surface area contributed by atoms with Gasteiger partial charge in [-0.3, -0.25) is 10.1 Å². The second-order valence-corrected chi connectivity index (χ2v) is 5.36. The lowest BCUT2D eigenvalue weighted by molar-refractivity contribution is -0.135. The fraction of sp³-hybridized carbons (Fsp3) is 0.500. The van der Waals surface area contributed by atoms with E-state index in [2.05, 4.69) is 12.2 Å².